The van der Waals surface area contributed by atoms with Gasteiger partial charge in [0, 0.05) is 25.9 Å². The zero-order valence-electron chi connectivity index (χ0n) is 13.8. The molecule has 0 aliphatic rings. The summed E-state index contributed by atoms with van der Waals surface area (Å²) in [7, 11) is 0. The zero-order valence-corrected chi connectivity index (χ0v) is 13.8. The molecule has 0 bridgehead atoms. The van der Waals surface area contributed by atoms with E-state index in [9.17, 15) is 0 Å². The molecular weight excluding hydrogens is 264 g/mol. The number of aliphatic hydroxyl groups is 1. The molecular formula is C18H32O3. The molecule has 0 aliphatic carbocycles. The van der Waals surface area contributed by atoms with Crippen LogP contribution in [0.5, 0.6) is 0 Å². The first-order valence-electron chi connectivity index (χ1n) is 7.90. The van der Waals surface area contributed by atoms with E-state index >= 15 is 0 Å². The molecule has 3 nitrogen and oxygen atoms in total. The highest BCUT2D eigenvalue weighted by Crippen LogP contribution is 2.16. The van der Waals surface area contributed by atoms with Gasteiger partial charge in [-0.25, -0.2) is 0 Å². The van der Waals surface area contributed by atoms with E-state index in [4.69, 9.17) is 14.6 Å². The summed E-state index contributed by atoms with van der Waals surface area (Å²) in [6.45, 7) is 16.9. The Morgan fingerprint density at radius 2 is 1.48 bits per heavy atom. The minimum absolute atomic E-state index is 0.219. The number of unbranched alkanes of at least 4 members (excludes halogenated alkanes) is 2. The van der Waals surface area contributed by atoms with Gasteiger partial charge in [-0.2, -0.15) is 0 Å². The van der Waals surface area contributed by atoms with E-state index in [0.717, 1.165) is 62.2 Å². The van der Waals surface area contributed by atoms with Crippen LogP contribution in [0.1, 0.15) is 58.8 Å². The third-order valence-corrected chi connectivity index (χ3v) is 2.94. The molecule has 0 fully saturated rings. The van der Waals surface area contributed by atoms with Crippen molar-refractivity contribution < 1.29 is 14.6 Å². The van der Waals surface area contributed by atoms with Crippen LogP contribution < -0.4 is 0 Å². The Hall–Kier alpha value is -1.22. The summed E-state index contributed by atoms with van der Waals surface area (Å²) in [5.74, 6) is 2.94. The van der Waals surface area contributed by atoms with Gasteiger partial charge in [0.1, 0.15) is 0 Å². The molecule has 21 heavy (non-hydrogen) atoms. The van der Waals surface area contributed by atoms with Crippen molar-refractivity contribution in [1.82, 2.24) is 0 Å². The maximum atomic E-state index is 8.71. The molecule has 0 aromatic rings. The van der Waals surface area contributed by atoms with Gasteiger partial charge in [-0.3, -0.25) is 0 Å². The predicted molar refractivity (Wildman–Crippen MR) is 88.7 cm³/mol. The van der Waals surface area contributed by atoms with E-state index in [0.29, 0.717) is 12.5 Å². The summed E-state index contributed by atoms with van der Waals surface area (Å²) in [6.07, 6.45) is 6.15. The number of allylic oxidation sites excluding steroid dienone is 3. The molecule has 0 amide bonds. The van der Waals surface area contributed by atoms with Crippen LogP contribution in [0.3, 0.4) is 0 Å². The number of ether oxygens (including phenoxy) is 2. The Morgan fingerprint density at radius 1 is 0.905 bits per heavy atom. The van der Waals surface area contributed by atoms with Gasteiger partial charge in [-0.05, 0) is 31.6 Å². The van der Waals surface area contributed by atoms with Crippen LogP contribution in [-0.4, -0.2) is 18.3 Å². The highest BCUT2D eigenvalue weighted by molar-refractivity contribution is 4.93. The molecule has 0 aliphatic heterocycles. The minimum Gasteiger partial charge on any atom is -0.499 e. The van der Waals surface area contributed by atoms with E-state index in [1.54, 1.807) is 0 Å². The van der Waals surface area contributed by atoms with Gasteiger partial charge in [-0.15, -0.1) is 0 Å². The molecule has 0 spiro atoms. The Bertz CT molecular complexity index is 318. The van der Waals surface area contributed by atoms with Crippen LogP contribution in [0, 0.1) is 5.92 Å². The number of hydrogen-bond donors (Lipinski definition) is 1. The molecule has 0 saturated heterocycles. The summed E-state index contributed by atoms with van der Waals surface area (Å²) in [5.41, 5.74) is 0. The lowest BCUT2D eigenvalue weighted by atomic mass is 10.1. The average molecular weight is 296 g/mol. The largest absolute Gasteiger partial charge is 0.499 e. The molecule has 0 heterocycles. The Morgan fingerprint density at radius 3 is 2.00 bits per heavy atom. The van der Waals surface area contributed by atoms with Crippen LogP contribution in [0.25, 0.3) is 0 Å². The molecule has 0 unspecified atom stereocenters. The number of aliphatic hydroxyl groups excluding tert-OH is 1. The van der Waals surface area contributed by atoms with Gasteiger partial charge in [0.2, 0.25) is 0 Å². The normalized spacial score (nSPS) is 10.5. The SMILES string of the molecule is C=C(CC(C)C)OCCCCC(=C)OC(=C)CCCCO. The van der Waals surface area contributed by atoms with Crippen LogP contribution in [0.15, 0.2) is 37.0 Å². The predicted octanol–water partition coefficient (Wildman–Crippen LogP) is 4.94. The zero-order chi connectivity index (χ0) is 16.1. The maximum Gasteiger partial charge on any atom is 0.0964 e. The topological polar surface area (TPSA) is 38.7 Å². The molecule has 0 radical (unpaired) electrons. The number of rotatable bonds is 14. The minimum atomic E-state index is 0.219. The van der Waals surface area contributed by atoms with Gasteiger partial charge in [-0.1, -0.05) is 33.6 Å². The van der Waals surface area contributed by atoms with Crippen molar-refractivity contribution in [3.05, 3.63) is 37.0 Å². The Labute approximate surface area is 130 Å². The van der Waals surface area contributed by atoms with Crippen molar-refractivity contribution >= 4 is 0 Å². The Kier molecular flexibility index (Phi) is 11.8. The molecule has 0 saturated carbocycles. The fraction of sp³-hybridized carbons (Fsp3) is 0.667. The highest BCUT2D eigenvalue weighted by atomic mass is 16.5. The van der Waals surface area contributed by atoms with Crippen molar-refractivity contribution in [3.63, 3.8) is 0 Å². The van der Waals surface area contributed by atoms with Gasteiger partial charge in [0.05, 0.1) is 23.9 Å². The lowest BCUT2D eigenvalue weighted by molar-refractivity contribution is 0.188. The molecule has 0 rings (SSSR count). The second-order valence-electron chi connectivity index (χ2n) is 5.80. The summed E-state index contributed by atoms with van der Waals surface area (Å²) in [5, 5.41) is 8.71. The molecule has 1 N–H and O–H groups in total. The second-order valence-corrected chi connectivity index (χ2v) is 5.80. The quantitative estimate of drug-likeness (QED) is 0.364. The summed E-state index contributed by atoms with van der Waals surface area (Å²) in [4.78, 5) is 0. The summed E-state index contributed by atoms with van der Waals surface area (Å²) < 4.78 is 11.1. The summed E-state index contributed by atoms with van der Waals surface area (Å²) in [6, 6.07) is 0. The molecule has 0 aromatic carbocycles. The average Bonchev–Trinajstić information content (AvgIpc) is 2.37. The van der Waals surface area contributed by atoms with Crippen molar-refractivity contribution in [2.75, 3.05) is 13.2 Å². The van der Waals surface area contributed by atoms with Crippen molar-refractivity contribution in [1.29, 1.82) is 0 Å². The standard InChI is InChI=1S/C18H32O3/c1-15(2)14-18(5)20-13-9-7-11-17(4)21-16(3)10-6-8-12-19/h15,19H,3-14H2,1-2H3. The fourth-order valence-corrected chi connectivity index (χ4v) is 1.90. The smallest absolute Gasteiger partial charge is 0.0964 e. The third-order valence-electron chi connectivity index (χ3n) is 2.94. The van der Waals surface area contributed by atoms with Crippen LogP contribution in [0.2, 0.25) is 0 Å². The first kappa shape index (κ1) is 19.8. The van der Waals surface area contributed by atoms with Crippen LogP contribution >= 0.6 is 0 Å². The lowest BCUT2D eigenvalue weighted by Crippen LogP contribution is -1.99. The Balaban J connectivity index is 3.53. The van der Waals surface area contributed by atoms with Gasteiger partial charge in [0.25, 0.3) is 0 Å². The molecule has 122 valence electrons. The first-order valence-corrected chi connectivity index (χ1v) is 7.90. The van der Waals surface area contributed by atoms with E-state index < -0.39 is 0 Å². The van der Waals surface area contributed by atoms with E-state index in [2.05, 4.69) is 33.6 Å². The fourth-order valence-electron chi connectivity index (χ4n) is 1.90. The van der Waals surface area contributed by atoms with Crippen LogP contribution in [0.4, 0.5) is 0 Å². The second kappa shape index (κ2) is 12.5. The molecule has 0 atom stereocenters. The summed E-state index contributed by atoms with van der Waals surface area (Å²) >= 11 is 0. The number of hydrogen-bond acceptors (Lipinski definition) is 3. The van der Waals surface area contributed by atoms with Crippen molar-refractivity contribution in [3.8, 4) is 0 Å². The van der Waals surface area contributed by atoms with E-state index in [1.807, 2.05) is 0 Å². The molecule has 0 aromatic heterocycles. The van der Waals surface area contributed by atoms with Gasteiger partial charge in [0.15, 0.2) is 0 Å². The lowest BCUT2D eigenvalue weighted by Gasteiger charge is -2.12. The highest BCUT2D eigenvalue weighted by Gasteiger charge is 2.02. The first-order chi connectivity index (χ1) is 9.95. The molecule has 3 heteroatoms. The van der Waals surface area contributed by atoms with Crippen molar-refractivity contribution in [2.45, 2.75) is 58.8 Å². The van der Waals surface area contributed by atoms with Crippen LogP contribution in [-0.2, 0) is 9.47 Å². The van der Waals surface area contributed by atoms with Gasteiger partial charge < -0.3 is 14.6 Å². The maximum absolute atomic E-state index is 8.71. The van der Waals surface area contributed by atoms with Crippen molar-refractivity contribution in [2.24, 2.45) is 5.92 Å². The monoisotopic (exact) mass is 296 g/mol. The van der Waals surface area contributed by atoms with Gasteiger partial charge >= 0.3 is 0 Å². The third kappa shape index (κ3) is 13.5. The van der Waals surface area contributed by atoms with E-state index in [-0.39, 0.29) is 6.61 Å². The van der Waals surface area contributed by atoms with E-state index in [1.165, 1.54) is 0 Å².